The number of rotatable bonds is 2. The average Bonchev–Trinajstić information content (AvgIpc) is 3.05. The lowest BCUT2D eigenvalue weighted by Gasteiger charge is -2.32. The number of hydrogen-bond donors (Lipinski definition) is 0. The average molecular weight is 294 g/mol. The topological polar surface area (TPSA) is 18.5 Å². The molecule has 1 heterocycles. The maximum absolute atomic E-state index is 6.21. The molecule has 4 rings (SSSR count). The molecule has 114 valence electrons. The van der Waals surface area contributed by atoms with Crippen molar-refractivity contribution in [3.63, 3.8) is 0 Å². The van der Waals surface area contributed by atoms with Gasteiger partial charge in [0, 0.05) is 23.1 Å². The van der Waals surface area contributed by atoms with Crippen LogP contribution in [-0.2, 0) is 0 Å². The Bertz CT molecular complexity index is 699. The van der Waals surface area contributed by atoms with Gasteiger partial charge < -0.3 is 9.47 Å². The summed E-state index contributed by atoms with van der Waals surface area (Å²) in [5.41, 5.74) is 3.93. The highest BCUT2D eigenvalue weighted by molar-refractivity contribution is 5.56. The van der Waals surface area contributed by atoms with Crippen molar-refractivity contribution in [1.82, 2.24) is 0 Å². The van der Waals surface area contributed by atoms with Crippen molar-refractivity contribution < 1.29 is 9.47 Å². The van der Waals surface area contributed by atoms with Crippen LogP contribution < -0.4 is 9.47 Å². The molecule has 2 heteroatoms. The minimum atomic E-state index is 0.466. The van der Waals surface area contributed by atoms with Gasteiger partial charge >= 0.3 is 0 Å². The van der Waals surface area contributed by atoms with Crippen LogP contribution in [0.4, 0.5) is 0 Å². The molecular weight excluding hydrogens is 272 g/mol. The van der Waals surface area contributed by atoms with E-state index in [0.717, 1.165) is 23.2 Å². The molecule has 0 spiro atoms. The first-order chi connectivity index (χ1) is 10.8. The summed E-state index contributed by atoms with van der Waals surface area (Å²) in [6, 6.07) is 12.9. The van der Waals surface area contributed by atoms with Gasteiger partial charge in [-0.1, -0.05) is 31.0 Å². The molecule has 2 nitrogen and oxygen atoms in total. The predicted molar refractivity (Wildman–Crippen MR) is 88.0 cm³/mol. The Hall–Kier alpha value is -1.96. The second-order valence-electron chi connectivity index (χ2n) is 6.57. The molecule has 1 aliphatic heterocycles. The van der Waals surface area contributed by atoms with Gasteiger partial charge in [0.25, 0.3) is 0 Å². The minimum absolute atomic E-state index is 0.466. The monoisotopic (exact) mass is 294 g/mol. The Balaban J connectivity index is 1.86. The van der Waals surface area contributed by atoms with Crippen LogP contribution in [-0.4, -0.2) is 7.11 Å². The fraction of sp³-hybridized carbons (Fsp3) is 0.400. The quantitative estimate of drug-likeness (QED) is 0.735. The highest BCUT2D eigenvalue weighted by atomic mass is 16.5. The van der Waals surface area contributed by atoms with Gasteiger partial charge in [0.15, 0.2) is 0 Å². The molecule has 0 aromatic heterocycles. The number of hydrogen-bond acceptors (Lipinski definition) is 2. The Morgan fingerprint density at radius 2 is 1.64 bits per heavy atom. The van der Waals surface area contributed by atoms with Crippen LogP contribution in [0, 0.1) is 12.8 Å². The molecule has 2 aromatic carbocycles. The van der Waals surface area contributed by atoms with Crippen molar-refractivity contribution >= 4 is 0 Å². The summed E-state index contributed by atoms with van der Waals surface area (Å²) >= 11 is 0. The molecule has 1 saturated carbocycles. The van der Waals surface area contributed by atoms with Crippen LogP contribution in [0.15, 0.2) is 36.4 Å². The summed E-state index contributed by atoms with van der Waals surface area (Å²) in [5, 5.41) is 0. The van der Waals surface area contributed by atoms with E-state index in [9.17, 15) is 0 Å². The van der Waals surface area contributed by atoms with E-state index in [1.54, 1.807) is 7.11 Å². The maximum atomic E-state index is 6.21. The van der Waals surface area contributed by atoms with Crippen molar-refractivity contribution in [1.29, 1.82) is 0 Å². The van der Waals surface area contributed by atoms with E-state index in [4.69, 9.17) is 9.47 Å². The smallest absolute Gasteiger partial charge is 0.134 e. The van der Waals surface area contributed by atoms with E-state index >= 15 is 0 Å². The number of ether oxygens (including phenoxy) is 2. The van der Waals surface area contributed by atoms with Gasteiger partial charge in [0.2, 0.25) is 0 Å². The maximum Gasteiger partial charge on any atom is 0.134 e. The van der Waals surface area contributed by atoms with Gasteiger partial charge in [-0.25, -0.2) is 0 Å². The standard InChI is InChI=1S/C20H22O2/c1-13-7-9-16-18(11-13)22-19-12-15(21-2)8-10-17(19)20(16)14-5-3-4-6-14/h7-12,14,20H,3-6H2,1-2H3. The molecule has 1 fully saturated rings. The van der Waals surface area contributed by atoms with Crippen molar-refractivity contribution in [3.05, 3.63) is 53.1 Å². The van der Waals surface area contributed by atoms with Crippen molar-refractivity contribution in [2.45, 2.75) is 38.5 Å². The number of benzene rings is 2. The first-order valence-electron chi connectivity index (χ1n) is 8.22. The van der Waals surface area contributed by atoms with Gasteiger partial charge in [-0.2, -0.15) is 0 Å². The van der Waals surface area contributed by atoms with E-state index in [1.165, 1.54) is 42.4 Å². The molecule has 22 heavy (non-hydrogen) atoms. The van der Waals surface area contributed by atoms with E-state index < -0.39 is 0 Å². The Kier molecular flexibility index (Phi) is 3.33. The van der Waals surface area contributed by atoms with Crippen LogP contribution in [0.2, 0.25) is 0 Å². The second-order valence-corrected chi connectivity index (χ2v) is 6.57. The van der Waals surface area contributed by atoms with E-state index in [2.05, 4.69) is 37.3 Å². The Morgan fingerprint density at radius 3 is 2.36 bits per heavy atom. The molecule has 0 N–H and O–H groups in total. The second kappa shape index (κ2) is 5.35. The summed E-state index contributed by atoms with van der Waals surface area (Å²) in [7, 11) is 1.71. The van der Waals surface area contributed by atoms with E-state index in [-0.39, 0.29) is 0 Å². The van der Waals surface area contributed by atoms with E-state index in [1.807, 2.05) is 6.07 Å². The van der Waals surface area contributed by atoms with Crippen molar-refractivity contribution in [2.75, 3.05) is 7.11 Å². The largest absolute Gasteiger partial charge is 0.497 e. The normalized spacial score (nSPS) is 20.2. The van der Waals surface area contributed by atoms with Crippen LogP contribution in [0.3, 0.4) is 0 Å². The van der Waals surface area contributed by atoms with Crippen molar-refractivity contribution in [2.24, 2.45) is 5.92 Å². The van der Waals surface area contributed by atoms with Crippen LogP contribution in [0.5, 0.6) is 17.2 Å². The van der Waals surface area contributed by atoms with E-state index in [0.29, 0.717) is 5.92 Å². The summed E-state index contributed by atoms with van der Waals surface area (Å²) in [6.45, 7) is 2.12. The number of methoxy groups -OCH3 is 1. The van der Waals surface area contributed by atoms with Gasteiger partial charge in [-0.15, -0.1) is 0 Å². The number of fused-ring (bicyclic) bond motifs is 2. The van der Waals surface area contributed by atoms with Gasteiger partial charge in [0.05, 0.1) is 7.11 Å². The lowest BCUT2D eigenvalue weighted by Crippen LogP contribution is -2.17. The number of aryl methyl sites for hydroxylation is 1. The molecule has 0 amide bonds. The molecule has 1 aliphatic carbocycles. The van der Waals surface area contributed by atoms with Crippen LogP contribution in [0.1, 0.15) is 48.3 Å². The van der Waals surface area contributed by atoms with Crippen LogP contribution >= 0.6 is 0 Å². The fourth-order valence-corrected chi connectivity index (χ4v) is 4.06. The minimum Gasteiger partial charge on any atom is -0.497 e. The molecule has 0 saturated heterocycles. The van der Waals surface area contributed by atoms with Gasteiger partial charge in [-0.05, 0) is 43.4 Å². The Labute approximate surface area is 132 Å². The SMILES string of the molecule is COc1ccc2c(c1)Oc1cc(C)ccc1C2C1CCCC1. The molecule has 2 aliphatic rings. The first-order valence-corrected chi connectivity index (χ1v) is 8.22. The lowest BCUT2D eigenvalue weighted by molar-refractivity contribution is 0.386. The lowest BCUT2D eigenvalue weighted by atomic mass is 9.77. The summed E-state index contributed by atoms with van der Waals surface area (Å²) in [5.74, 6) is 4.05. The zero-order valence-electron chi connectivity index (χ0n) is 13.3. The summed E-state index contributed by atoms with van der Waals surface area (Å²) in [6.07, 6.45) is 5.36. The molecule has 1 unspecified atom stereocenters. The predicted octanol–water partition coefficient (Wildman–Crippen LogP) is 5.43. The zero-order chi connectivity index (χ0) is 15.1. The third kappa shape index (κ3) is 2.18. The summed E-state index contributed by atoms with van der Waals surface area (Å²) in [4.78, 5) is 0. The molecule has 0 radical (unpaired) electrons. The summed E-state index contributed by atoms with van der Waals surface area (Å²) < 4.78 is 11.6. The fourth-order valence-electron chi connectivity index (χ4n) is 4.06. The molecule has 2 aromatic rings. The molecule has 1 atom stereocenters. The third-order valence-corrected chi connectivity index (χ3v) is 5.15. The van der Waals surface area contributed by atoms with Gasteiger partial charge in [-0.3, -0.25) is 0 Å². The van der Waals surface area contributed by atoms with Gasteiger partial charge in [0.1, 0.15) is 17.2 Å². The molecular formula is C20H22O2. The van der Waals surface area contributed by atoms with Crippen molar-refractivity contribution in [3.8, 4) is 17.2 Å². The first kappa shape index (κ1) is 13.7. The highest BCUT2D eigenvalue weighted by Crippen LogP contribution is 2.52. The zero-order valence-corrected chi connectivity index (χ0v) is 13.3. The molecule has 0 bridgehead atoms. The highest BCUT2D eigenvalue weighted by Gasteiger charge is 2.34. The third-order valence-electron chi connectivity index (χ3n) is 5.15. The Morgan fingerprint density at radius 1 is 0.955 bits per heavy atom. The van der Waals surface area contributed by atoms with Crippen LogP contribution in [0.25, 0.3) is 0 Å².